The molecule has 5 heteroatoms. The van der Waals surface area contributed by atoms with Gasteiger partial charge >= 0.3 is 5.97 Å². The number of hydrogen-bond donors (Lipinski definition) is 1. The van der Waals surface area contributed by atoms with Crippen molar-refractivity contribution in [2.75, 3.05) is 19.0 Å². The monoisotopic (exact) mass is 304 g/mol. The van der Waals surface area contributed by atoms with Gasteiger partial charge in [0.05, 0.1) is 5.56 Å². The molecule has 1 aromatic carbocycles. The molecule has 1 aliphatic rings. The van der Waals surface area contributed by atoms with E-state index in [9.17, 15) is 9.59 Å². The van der Waals surface area contributed by atoms with Crippen LogP contribution in [-0.4, -0.2) is 42.5 Å². The van der Waals surface area contributed by atoms with Gasteiger partial charge in [-0.25, -0.2) is 4.79 Å². The third-order valence-electron chi connectivity index (χ3n) is 4.22. The van der Waals surface area contributed by atoms with Gasteiger partial charge in [-0.1, -0.05) is 12.1 Å². The first kappa shape index (κ1) is 16.3. The van der Waals surface area contributed by atoms with E-state index in [1.165, 1.54) is 0 Å². The van der Waals surface area contributed by atoms with Gasteiger partial charge in [0, 0.05) is 24.8 Å². The summed E-state index contributed by atoms with van der Waals surface area (Å²) in [6.45, 7) is 3.89. The smallest absolute Gasteiger partial charge is 0.340 e. The predicted octanol–water partition coefficient (Wildman–Crippen LogP) is 2.67. The van der Waals surface area contributed by atoms with Gasteiger partial charge in [-0.3, -0.25) is 4.79 Å². The molecule has 0 unspecified atom stereocenters. The number of benzene rings is 1. The van der Waals surface area contributed by atoms with Gasteiger partial charge in [0.1, 0.15) is 0 Å². The van der Waals surface area contributed by atoms with E-state index in [1.807, 2.05) is 24.8 Å². The fourth-order valence-corrected chi connectivity index (χ4v) is 3.07. The molecule has 2 atom stereocenters. The summed E-state index contributed by atoms with van der Waals surface area (Å²) in [5.74, 6) is -0.592. The molecule has 1 aliphatic heterocycles. The van der Waals surface area contributed by atoms with Crippen molar-refractivity contribution in [3.05, 3.63) is 29.8 Å². The zero-order valence-electron chi connectivity index (χ0n) is 13.5. The first-order valence-corrected chi connectivity index (χ1v) is 7.79. The number of ether oxygens (including phenoxy) is 1. The van der Waals surface area contributed by atoms with Crippen LogP contribution in [0.5, 0.6) is 0 Å². The van der Waals surface area contributed by atoms with Crippen LogP contribution in [0.15, 0.2) is 24.3 Å². The fourth-order valence-electron chi connectivity index (χ4n) is 3.07. The van der Waals surface area contributed by atoms with Crippen LogP contribution in [-0.2, 0) is 9.53 Å². The number of para-hydroxylation sites is 1. The Labute approximate surface area is 131 Å². The summed E-state index contributed by atoms with van der Waals surface area (Å²) in [6.07, 6.45) is 3.15. The molecule has 1 N–H and O–H groups in total. The zero-order valence-corrected chi connectivity index (χ0v) is 13.5. The van der Waals surface area contributed by atoms with Gasteiger partial charge in [0.25, 0.3) is 5.91 Å². The highest BCUT2D eigenvalue weighted by molar-refractivity contribution is 5.96. The molecule has 0 aromatic heterocycles. The number of piperidine rings is 1. The number of hydrogen-bond acceptors (Lipinski definition) is 4. The zero-order chi connectivity index (χ0) is 16.1. The Morgan fingerprint density at radius 3 is 2.50 bits per heavy atom. The number of amides is 1. The molecule has 5 nitrogen and oxygen atoms in total. The maximum atomic E-state index is 12.3. The van der Waals surface area contributed by atoms with Crippen molar-refractivity contribution >= 4 is 17.6 Å². The SMILES string of the molecule is CNc1ccccc1C(=O)OCC(=O)N1[C@H](C)CCC[C@H]1C. The molecule has 0 saturated carbocycles. The van der Waals surface area contributed by atoms with Gasteiger partial charge in [-0.05, 0) is 45.2 Å². The summed E-state index contributed by atoms with van der Waals surface area (Å²) in [6, 6.07) is 7.51. The van der Waals surface area contributed by atoms with Crippen LogP contribution in [0.4, 0.5) is 5.69 Å². The van der Waals surface area contributed by atoms with Crippen LogP contribution in [0.2, 0.25) is 0 Å². The van der Waals surface area contributed by atoms with Crippen LogP contribution in [0.3, 0.4) is 0 Å². The van der Waals surface area contributed by atoms with E-state index >= 15 is 0 Å². The van der Waals surface area contributed by atoms with Crippen molar-refractivity contribution in [1.82, 2.24) is 4.90 Å². The lowest BCUT2D eigenvalue weighted by molar-refractivity contribution is -0.140. The quantitative estimate of drug-likeness (QED) is 0.869. The maximum absolute atomic E-state index is 12.3. The van der Waals surface area contributed by atoms with Crippen molar-refractivity contribution in [3.63, 3.8) is 0 Å². The Morgan fingerprint density at radius 1 is 1.23 bits per heavy atom. The standard InChI is InChI=1S/C17H24N2O3/c1-12-7-6-8-13(2)19(12)16(20)11-22-17(21)14-9-4-5-10-15(14)18-3/h4-5,9-10,12-13,18H,6-8,11H2,1-3H3/t12-,13-/m1/s1. The molecule has 0 radical (unpaired) electrons. The molecule has 1 saturated heterocycles. The summed E-state index contributed by atoms with van der Waals surface area (Å²) >= 11 is 0. The normalized spacial score (nSPS) is 21.3. The molecule has 1 fully saturated rings. The number of nitrogens with zero attached hydrogens (tertiary/aromatic N) is 1. The Balaban J connectivity index is 1.97. The largest absolute Gasteiger partial charge is 0.452 e. The van der Waals surface area contributed by atoms with E-state index in [4.69, 9.17) is 4.74 Å². The molecular formula is C17H24N2O3. The summed E-state index contributed by atoms with van der Waals surface area (Å²) in [7, 11) is 1.74. The second-order valence-electron chi connectivity index (χ2n) is 5.80. The number of carbonyl (C=O) groups is 2. The van der Waals surface area contributed by atoms with Crippen molar-refractivity contribution < 1.29 is 14.3 Å². The van der Waals surface area contributed by atoms with Crippen LogP contribution < -0.4 is 5.32 Å². The number of esters is 1. The van der Waals surface area contributed by atoms with Crippen LogP contribution in [0, 0.1) is 0 Å². The fraction of sp³-hybridized carbons (Fsp3) is 0.529. The molecule has 0 bridgehead atoms. The average Bonchev–Trinajstić information content (AvgIpc) is 2.52. The van der Waals surface area contributed by atoms with Crippen molar-refractivity contribution in [2.45, 2.75) is 45.2 Å². The second-order valence-corrected chi connectivity index (χ2v) is 5.80. The highest BCUT2D eigenvalue weighted by atomic mass is 16.5. The lowest BCUT2D eigenvalue weighted by Crippen LogP contribution is -2.49. The predicted molar refractivity (Wildman–Crippen MR) is 85.9 cm³/mol. The molecule has 0 spiro atoms. The number of anilines is 1. The highest BCUT2D eigenvalue weighted by Gasteiger charge is 2.29. The Kier molecular flexibility index (Phi) is 5.41. The summed E-state index contributed by atoms with van der Waals surface area (Å²) < 4.78 is 5.21. The van der Waals surface area contributed by atoms with Crippen LogP contribution in [0.25, 0.3) is 0 Å². The average molecular weight is 304 g/mol. The van der Waals surface area contributed by atoms with E-state index < -0.39 is 5.97 Å². The van der Waals surface area contributed by atoms with E-state index in [0.29, 0.717) is 11.3 Å². The van der Waals surface area contributed by atoms with Gasteiger partial charge < -0.3 is 15.0 Å². The molecule has 1 amide bonds. The van der Waals surface area contributed by atoms with Gasteiger partial charge in [-0.15, -0.1) is 0 Å². The van der Waals surface area contributed by atoms with E-state index in [1.54, 1.807) is 25.2 Å². The van der Waals surface area contributed by atoms with E-state index in [0.717, 1.165) is 19.3 Å². The van der Waals surface area contributed by atoms with Crippen molar-refractivity contribution in [3.8, 4) is 0 Å². The number of rotatable bonds is 4. The first-order chi connectivity index (χ1) is 10.5. The minimum absolute atomic E-state index is 0.116. The Bertz CT molecular complexity index is 534. The number of nitrogens with one attached hydrogen (secondary N) is 1. The van der Waals surface area contributed by atoms with E-state index in [2.05, 4.69) is 5.32 Å². The molecule has 1 heterocycles. The minimum atomic E-state index is -0.476. The lowest BCUT2D eigenvalue weighted by atomic mass is 9.97. The molecule has 0 aliphatic carbocycles. The van der Waals surface area contributed by atoms with Crippen LogP contribution >= 0.6 is 0 Å². The third-order valence-corrected chi connectivity index (χ3v) is 4.22. The summed E-state index contributed by atoms with van der Waals surface area (Å²) in [4.78, 5) is 26.3. The van der Waals surface area contributed by atoms with Gasteiger partial charge in [-0.2, -0.15) is 0 Å². The highest BCUT2D eigenvalue weighted by Crippen LogP contribution is 2.22. The molecule has 22 heavy (non-hydrogen) atoms. The number of likely N-dealkylation sites (tertiary alicyclic amines) is 1. The van der Waals surface area contributed by atoms with Crippen LogP contribution in [0.1, 0.15) is 43.5 Å². The molecule has 1 aromatic rings. The summed E-state index contributed by atoms with van der Waals surface area (Å²) in [5, 5.41) is 2.95. The third kappa shape index (κ3) is 3.59. The van der Waals surface area contributed by atoms with Gasteiger partial charge in [0.15, 0.2) is 6.61 Å². The molecular weight excluding hydrogens is 280 g/mol. The van der Waals surface area contributed by atoms with Crippen molar-refractivity contribution in [1.29, 1.82) is 0 Å². The van der Waals surface area contributed by atoms with Gasteiger partial charge in [0.2, 0.25) is 0 Å². The lowest BCUT2D eigenvalue weighted by Gasteiger charge is -2.38. The van der Waals surface area contributed by atoms with E-state index in [-0.39, 0.29) is 24.6 Å². The second kappa shape index (κ2) is 7.29. The Hall–Kier alpha value is -2.04. The molecule has 2 rings (SSSR count). The Morgan fingerprint density at radius 2 is 1.86 bits per heavy atom. The van der Waals surface area contributed by atoms with Crippen molar-refractivity contribution in [2.24, 2.45) is 0 Å². The topological polar surface area (TPSA) is 58.6 Å². The minimum Gasteiger partial charge on any atom is -0.452 e. The molecule has 120 valence electrons. The first-order valence-electron chi connectivity index (χ1n) is 7.79. The maximum Gasteiger partial charge on any atom is 0.340 e. The summed E-state index contributed by atoms with van der Waals surface area (Å²) in [5.41, 5.74) is 1.14. The number of carbonyl (C=O) groups excluding carboxylic acids is 2.